The zero-order valence-corrected chi connectivity index (χ0v) is 13.3. The van der Waals surface area contributed by atoms with Gasteiger partial charge >= 0.3 is 0 Å². The molecule has 2 saturated carbocycles. The molecule has 3 heterocycles. The van der Waals surface area contributed by atoms with Crippen LogP contribution in [0.5, 0.6) is 0 Å². The van der Waals surface area contributed by atoms with E-state index in [0.717, 1.165) is 11.2 Å². The number of nitrogens with zero attached hydrogens (tertiary/aromatic N) is 3. The largest absolute Gasteiger partial charge is 0.361 e. The summed E-state index contributed by atoms with van der Waals surface area (Å²) in [4.78, 5) is 7.97. The molecule has 0 spiro atoms. The van der Waals surface area contributed by atoms with Gasteiger partial charge in [0.05, 0.1) is 17.4 Å². The van der Waals surface area contributed by atoms with Gasteiger partial charge in [-0.1, -0.05) is 0 Å². The van der Waals surface area contributed by atoms with Crippen LogP contribution >= 0.6 is 0 Å². The highest BCUT2D eigenvalue weighted by atomic mass is 15.3. The van der Waals surface area contributed by atoms with Crippen molar-refractivity contribution in [1.29, 1.82) is 0 Å². The SMILES string of the molecule is CN[C@H]1C[C@H](n2cc(-c3nccc4[nH]ccc34)c(C3CC3)n2)C1. The molecule has 5 nitrogen and oxygen atoms in total. The summed E-state index contributed by atoms with van der Waals surface area (Å²) in [6, 6.07) is 5.32. The van der Waals surface area contributed by atoms with Crippen LogP contribution in [0.3, 0.4) is 0 Å². The lowest BCUT2D eigenvalue weighted by Crippen LogP contribution is -2.40. The highest BCUT2D eigenvalue weighted by molar-refractivity contribution is 5.93. The third-order valence-electron chi connectivity index (χ3n) is 5.35. The van der Waals surface area contributed by atoms with E-state index in [1.165, 1.54) is 42.3 Å². The fourth-order valence-electron chi connectivity index (χ4n) is 3.67. The number of nitrogens with one attached hydrogen (secondary N) is 2. The lowest BCUT2D eigenvalue weighted by molar-refractivity contribution is 0.219. The second kappa shape index (κ2) is 4.93. The number of aromatic amines is 1. The molecule has 5 heteroatoms. The van der Waals surface area contributed by atoms with E-state index in [2.05, 4.69) is 32.2 Å². The maximum atomic E-state index is 4.97. The molecule has 3 aromatic heterocycles. The predicted octanol–water partition coefficient (Wildman–Crippen LogP) is 3.23. The number of hydrogen-bond donors (Lipinski definition) is 2. The first-order valence-corrected chi connectivity index (χ1v) is 8.52. The first-order chi connectivity index (χ1) is 11.3. The van der Waals surface area contributed by atoms with Gasteiger partial charge in [-0.2, -0.15) is 5.10 Å². The number of H-pyrrole nitrogens is 1. The van der Waals surface area contributed by atoms with Crippen LogP contribution in [0.15, 0.2) is 30.7 Å². The van der Waals surface area contributed by atoms with E-state index >= 15 is 0 Å². The molecule has 2 aliphatic rings. The second-order valence-corrected chi connectivity index (χ2v) is 6.89. The molecule has 0 saturated heterocycles. The molecule has 3 aromatic rings. The van der Waals surface area contributed by atoms with Crippen molar-refractivity contribution in [2.75, 3.05) is 7.05 Å². The first-order valence-electron chi connectivity index (χ1n) is 8.52. The number of rotatable bonds is 4. The summed E-state index contributed by atoms with van der Waals surface area (Å²) in [7, 11) is 2.04. The third-order valence-corrected chi connectivity index (χ3v) is 5.35. The first kappa shape index (κ1) is 13.3. The molecule has 2 aliphatic carbocycles. The van der Waals surface area contributed by atoms with Crippen LogP contribution in [0.2, 0.25) is 0 Å². The fraction of sp³-hybridized carbons (Fsp3) is 0.444. The highest BCUT2D eigenvalue weighted by Gasteiger charge is 2.34. The van der Waals surface area contributed by atoms with E-state index in [-0.39, 0.29) is 0 Å². The van der Waals surface area contributed by atoms with E-state index < -0.39 is 0 Å². The van der Waals surface area contributed by atoms with Gasteiger partial charge in [0.15, 0.2) is 0 Å². The lowest BCUT2D eigenvalue weighted by Gasteiger charge is -2.35. The Morgan fingerprint density at radius 2 is 2.13 bits per heavy atom. The zero-order chi connectivity index (χ0) is 15.4. The quantitative estimate of drug-likeness (QED) is 0.778. The van der Waals surface area contributed by atoms with Gasteiger partial charge in [0, 0.05) is 47.0 Å². The summed E-state index contributed by atoms with van der Waals surface area (Å²) in [5.74, 6) is 0.627. The number of pyridine rings is 1. The topological polar surface area (TPSA) is 58.5 Å². The molecule has 0 unspecified atom stereocenters. The Kier molecular flexibility index (Phi) is 2.85. The van der Waals surface area contributed by atoms with Crippen molar-refractivity contribution in [3.8, 4) is 11.3 Å². The Morgan fingerprint density at radius 1 is 1.26 bits per heavy atom. The van der Waals surface area contributed by atoms with Crippen LogP contribution < -0.4 is 5.32 Å². The Labute approximate surface area is 135 Å². The molecule has 0 bridgehead atoms. The number of aromatic nitrogens is 4. The van der Waals surface area contributed by atoms with Crippen LogP contribution in [0.1, 0.15) is 43.3 Å². The van der Waals surface area contributed by atoms with Crippen LogP contribution in [0, 0.1) is 0 Å². The summed E-state index contributed by atoms with van der Waals surface area (Å²) in [6.45, 7) is 0. The van der Waals surface area contributed by atoms with Gasteiger partial charge in [-0.15, -0.1) is 0 Å². The summed E-state index contributed by atoms with van der Waals surface area (Å²) in [5, 5.41) is 9.51. The Balaban J connectivity index is 1.59. The molecular formula is C18H21N5. The molecule has 118 valence electrons. The van der Waals surface area contributed by atoms with Crippen LogP contribution in [0.4, 0.5) is 0 Å². The van der Waals surface area contributed by atoms with Crippen molar-refractivity contribution in [2.45, 2.75) is 43.7 Å². The summed E-state index contributed by atoms with van der Waals surface area (Å²) in [6.07, 6.45) is 11.0. The second-order valence-electron chi connectivity index (χ2n) is 6.89. The normalized spacial score (nSPS) is 24.0. The summed E-state index contributed by atoms with van der Waals surface area (Å²) >= 11 is 0. The van der Waals surface area contributed by atoms with E-state index in [4.69, 9.17) is 5.10 Å². The monoisotopic (exact) mass is 307 g/mol. The standard InChI is InChI=1S/C18H21N5/c1-19-12-8-13(9-12)23-10-15(17(22-23)11-2-3-11)18-14-4-6-20-16(14)5-7-21-18/h4-7,10-13,19-20H,2-3,8-9H2,1H3/t12-,13-. The molecule has 0 amide bonds. The van der Waals surface area contributed by atoms with E-state index in [1.54, 1.807) is 0 Å². The van der Waals surface area contributed by atoms with Crippen molar-refractivity contribution in [3.63, 3.8) is 0 Å². The van der Waals surface area contributed by atoms with Gasteiger partial charge in [-0.25, -0.2) is 0 Å². The molecule has 2 N–H and O–H groups in total. The van der Waals surface area contributed by atoms with E-state index in [1.807, 2.05) is 25.5 Å². The van der Waals surface area contributed by atoms with Gasteiger partial charge in [0.2, 0.25) is 0 Å². The van der Waals surface area contributed by atoms with Crippen molar-refractivity contribution >= 4 is 10.9 Å². The van der Waals surface area contributed by atoms with E-state index in [0.29, 0.717) is 18.0 Å². The zero-order valence-electron chi connectivity index (χ0n) is 13.3. The molecule has 5 rings (SSSR count). The molecule has 0 aliphatic heterocycles. The molecule has 0 atom stereocenters. The molecule has 0 aromatic carbocycles. The van der Waals surface area contributed by atoms with Crippen LogP contribution in [0.25, 0.3) is 22.2 Å². The van der Waals surface area contributed by atoms with Gasteiger partial charge in [-0.3, -0.25) is 9.67 Å². The average Bonchev–Trinajstić information content (AvgIpc) is 3.09. The van der Waals surface area contributed by atoms with Gasteiger partial charge in [0.25, 0.3) is 0 Å². The maximum Gasteiger partial charge on any atom is 0.0830 e. The van der Waals surface area contributed by atoms with Gasteiger partial charge in [-0.05, 0) is 44.9 Å². The van der Waals surface area contributed by atoms with E-state index in [9.17, 15) is 0 Å². The maximum absolute atomic E-state index is 4.97. The number of fused-ring (bicyclic) bond motifs is 1. The summed E-state index contributed by atoms with van der Waals surface area (Å²) < 4.78 is 2.20. The Hall–Kier alpha value is -2.14. The van der Waals surface area contributed by atoms with Crippen LogP contribution in [-0.2, 0) is 0 Å². The highest BCUT2D eigenvalue weighted by Crippen LogP contribution is 2.45. The number of hydrogen-bond acceptors (Lipinski definition) is 3. The molecule has 0 radical (unpaired) electrons. The Morgan fingerprint density at radius 3 is 2.91 bits per heavy atom. The minimum Gasteiger partial charge on any atom is -0.361 e. The molecule has 23 heavy (non-hydrogen) atoms. The fourth-order valence-corrected chi connectivity index (χ4v) is 3.67. The molecule has 2 fully saturated rings. The van der Waals surface area contributed by atoms with Crippen LogP contribution in [-0.4, -0.2) is 32.8 Å². The predicted molar refractivity (Wildman–Crippen MR) is 90.4 cm³/mol. The molecular weight excluding hydrogens is 286 g/mol. The van der Waals surface area contributed by atoms with Gasteiger partial charge < -0.3 is 10.3 Å². The third kappa shape index (κ3) is 2.10. The minimum atomic E-state index is 0.532. The van der Waals surface area contributed by atoms with Crippen molar-refractivity contribution in [2.24, 2.45) is 0 Å². The Bertz CT molecular complexity index is 851. The van der Waals surface area contributed by atoms with Crippen molar-refractivity contribution in [3.05, 3.63) is 36.4 Å². The van der Waals surface area contributed by atoms with Crippen molar-refractivity contribution in [1.82, 2.24) is 25.1 Å². The minimum absolute atomic E-state index is 0.532. The summed E-state index contributed by atoms with van der Waals surface area (Å²) in [5.41, 5.74) is 4.69. The average molecular weight is 307 g/mol. The van der Waals surface area contributed by atoms with Gasteiger partial charge in [0.1, 0.15) is 0 Å². The lowest BCUT2D eigenvalue weighted by atomic mass is 9.87. The van der Waals surface area contributed by atoms with Crippen molar-refractivity contribution < 1.29 is 0 Å². The smallest absolute Gasteiger partial charge is 0.0830 e.